The number of hydrogen-bond donors (Lipinski definition) is 1. The van der Waals surface area contributed by atoms with Crippen LogP contribution in [0.1, 0.15) is 37.1 Å². The monoisotopic (exact) mass is 492 g/mol. The highest BCUT2D eigenvalue weighted by Crippen LogP contribution is 2.30. The van der Waals surface area contributed by atoms with Gasteiger partial charge in [-0.1, -0.05) is 5.21 Å². The van der Waals surface area contributed by atoms with Crippen molar-refractivity contribution in [3.8, 4) is 28.5 Å². The summed E-state index contributed by atoms with van der Waals surface area (Å²) in [4.78, 5) is 16.1. The van der Waals surface area contributed by atoms with E-state index in [9.17, 15) is 14.3 Å². The minimum atomic E-state index is -0.770. The van der Waals surface area contributed by atoms with Crippen LogP contribution in [0.15, 0.2) is 36.4 Å². The zero-order valence-corrected chi connectivity index (χ0v) is 19.9. The van der Waals surface area contributed by atoms with Gasteiger partial charge in [0.2, 0.25) is 0 Å². The molecule has 0 amide bonds. The van der Waals surface area contributed by atoms with Crippen LogP contribution in [0.4, 0.5) is 4.39 Å². The zero-order chi connectivity index (χ0) is 25.2. The van der Waals surface area contributed by atoms with Crippen LogP contribution in [0.2, 0.25) is 0 Å². The number of carboxylic acid groups (broad SMARTS) is 1. The summed E-state index contributed by atoms with van der Waals surface area (Å²) in [6, 6.07) is 9.60. The summed E-state index contributed by atoms with van der Waals surface area (Å²) in [5.74, 6) is -0.366. The largest absolute Gasteiger partial charge is 0.489 e. The predicted molar refractivity (Wildman–Crippen MR) is 125 cm³/mol. The van der Waals surface area contributed by atoms with Gasteiger partial charge in [0.1, 0.15) is 17.3 Å². The van der Waals surface area contributed by atoms with E-state index in [1.807, 2.05) is 19.1 Å². The number of pyridine rings is 1. The molecule has 12 heteroatoms. The van der Waals surface area contributed by atoms with Crippen molar-refractivity contribution in [3.63, 3.8) is 0 Å². The molecule has 2 atom stereocenters. The Balaban J connectivity index is 1.37. The lowest BCUT2D eigenvalue weighted by Crippen LogP contribution is -2.29. The number of aliphatic carboxylic acids is 1. The van der Waals surface area contributed by atoms with Crippen LogP contribution < -0.4 is 4.74 Å². The average Bonchev–Trinajstić information content (AvgIpc) is 3.48. The van der Waals surface area contributed by atoms with Gasteiger partial charge in [-0.3, -0.25) is 4.79 Å². The van der Waals surface area contributed by atoms with Crippen molar-refractivity contribution < 1.29 is 19.0 Å². The Hall–Kier alpha value is -4.22. The molecule has 5 rings (SSSR count). The van der Waals surface area contributed by atoms with Gasteiger partial charge >= 0.3 is 5.97 Å². The molecule has 1 aliphatic rings. The molecular formula is C24H25FN8O3. The molecule has 186 valence electrons. The third-order valence-electron chi connectivity index (χ3n) is 6.43. The Morgan fingerprint density at radius 3 is 2.69 bits per heavy atom. The minimum Gasteiger partial charge on any atom is -0.489 e. The molecule has 1 N–H and O–H groups in total. The van der Waals surface area contributed by atoms with E-state index >= 15 is 0 Å². The van der Waals surface area contributed by atoms with Crippen LogP contribution in [0.3, 0.4) is 0 Å². The molecule has 3 heterocycles. The van der Waals surface area contributed by atoms with E-state index in [0.717, 1.165) is 18.5 Å². The molecule has 0 radical (unpaired) electrons. The Morgan fingerprint density at radius 2 is 1.94 bits per heavy atom. The van der Waals surface area contributed by atoms with Crippen LogP contribution in [-0.4, -0.2) is 57.4 Å². The molecule has 3 aromatic heterocycles. The average molecular weight is 493 g/mol. The standard InChI is InChI=1S/C24H25FN8O3/c1-14-21(36-18-5-3-4-16(12-18)24(34)35)11-10-19(26-14)22-20(32(2)30-27-22)13-33-23(28-29-31-33)15-6-8-17(25)9-7-15/h6-11,16,18H,3-5,12-13H2,1-2H3,(H,34,35)/t16-,18-/m0/s1. The second kappa shape index (κ2) is 9.80. The molecule has 36 heavy (non-hydrogen) atoms. The smallest absolute Gasteiger partial charge is 0.306 e. The highest BCUT2D eigenvalue weighted by atomic mass is 19.1. The fourth-order valence-corrected chi connectivity index (χ4v) is 4.47. The predicted octanol–water partition coefficient (Wildman–Crippen LogP) is 3.05. The van der Waals surface area contributed by atoms with E-state index in [0.29, 0.717) is 47.1 Å². The second-order valence-electron chi connectivity index (χ2n) is 8.90. The molecule has 11 nitrogen and oxygen atoms in total. The first kappa shape index (κ1) is 23.5. The summed E-state index contributed by atoms with van der Waals surface area (Å²) in [5, 5.41) is 29.8. The molecular weight excluding hydrogens is 467 g/mol. The number of aryl methyl sites for hydroxylation is 2. The molecule has 0 bridgehead atoms. The summed E-state index contributed by atoms with van der Waals surface area (Å²) in [6.45, 7) is 2.12. The topological polar surface area (TPSA) is 134 Å². The Kier molecular flexibility index (Phi) is 6.40. The maximum Gasteiger partial charge on any atom is 0.306 e. The van der Waals surface area contributed by atoms with E-state index in [4.69, 9.17) is 9.72 Å². The number of carbonyl (C=O) groups is 1. The number of ether oxygens (including phenoxy) is 1. The summed E-state index contributed by atoms with van der Waals surface area (Å²) >= 11 is 0. The number of aromatic nitrogens is 8. The van der Waals surface area contributed by atoms with Gasteiger partial charge < -0.3 is 9.84 Å². The molecule has 1 aliphatic carbocycles. The van der Waals surface area contributed by atoms with E-state index < -0.39 is 5.97 Å². The van der Waals surface area contributed by atoms with Gasteiger partial charge in [0.05, 0.1) is 35.6 Å². The van der Waals surface area contributed by atoms with Crippen molar-refractivity contribution >= 4 is 5.97 Å². The van der Waals surface area contributed by atoms with Gasteiger partial charge in [0, 0.05) is 12.6 Å². The maximum atomic E-state index is 13.4. The Bertz CT molecular complexity index is 1380. The quantitative estimate of drug-likeness (QED) is 0.413. The maximum absolute atomic E-state index is 13.4. The molecule has 1 saturated carbocycles. The zero-order valence-electron chi connectivity index (χ0n) is 19.9. The lowest BCUT2D eigenvalue weighted by Gasteiger charge is -2.27. The fraction of sp³-hybridized carbons (Fsp3) is 0.375. The summed E-state index contributed by atoms with van der Waals surface area (Å²) in [7, 11) is 1.78. The Labute approximate surface area is 205 Å². The molecule has 1 fully saturated rings. The SMILES string of the molecule is Cc1nc(-c2nnn(C)c2Cn2nnnc2-c2ccc(F)cc2)ccc1O[C@H]1CCC[C@H](C(=O)O)C1. The van der Waals surface area contributed by atoms with Crippen LogP contribution in [0.5, 0.6) is 5.75 Å². The van der Waals surface area contributed by atoms with Crippen LogP contribution in [0.25, 0.3) is 22.8 Å². The molecule has 4 aromatic rings. The number of carboxylic acids is 1. The third-order valence-corrected chi connectivity index (χ3v) is 6.43. The Morgan fingerprint density at radius 1 is 1.14 bits per heavy atom. The number of tetrazole rings is 1. The van der Waals surface area contributed by atoms with Gasteiger partial charge in [0.15, 0.2) is 5.82 Å². The first-order chi connectivity index (χ1) is 17.4. The fourth-order valence-electron chi connectivity index (χ4n) is 4.47. The molecule has 0 saturated heterocycles. The molecule has 0 unspecified atom stereocenters. The van der Waals surface area contributed by atoms with Gasteiger partial charge in [0.25, 0.3) is 0 Å². The van der Waals surface area contributed by atoms with Crippen molar-refractivity contribution in [1.82, 2.24) is 40.2 Å². The van der Waals surface area contributed by atoms with Crippen LogP contribution in [-0.2, 0) is 18.4 Å². The first-order valence-electron chi connectivity index (χ1n) is 11.7. The summed E-state index contributed by atoms with van der Waals surface area (Å²) < 4.78 is 22.7. The van der Waals surface area contributed by atoms with E-state index in [1.54, 1.807) is 28.5 Å². The van der Waals surface area contributed by atoms with Gasteiger partial charge in [-0.25, -0.2) is 18.7 Å². The number of benzene rings is 1. The molecule has 1 aromatic carbocycles. The lowest BCUT2D eigenvalue weighted by molar-refractivity contribution is -0.143. The van der Waals surface area contributed by atoms with Crippen LogP contribution >= 0.6 is 0 Å². The molecule has 0 spiro atoms. The summed E-state index contributed by atoms with van der Waals surface area (Å²) in [5.41, 5.74) is 3.29. The number of halogens is 1. The second-order valence-corrected chi connectivity index (χ2v) is 8.90. The van der Waals surface area contributed by atoms with Crippen molar-refractivity contribution in [1.29, 1.82) is 0 Å². The minimum absolute atomic E-state index is 0.150. The highest BCUT2D eigenvalue weighted by molar-refractivity contribution is 5.70. The number of hydrogen-bond acceptors (Lipinski definition) is 8. The highest BCUT2D eigenvalue weighted by Gasteiger charge is 2.28. The van der Waals surface area contributed by atoms with E-state index in [1.165, 1.54) is 12.1 Å². The van der Waals surface area contributed by atoms with E-state index in [-0.39, 0.29) is 24.4 Å². The normalized spacial score (nSPS) is 17.8. The summed E-state index contributed by atoms with van der Waals surface area (Å²) in [6.07, 6.45) is 2.68. The van der Waals surface area contributed by atoms with Crippen LogP contribution in [0, 0.1) is 18.7 Å². The van der Waals surface area contributed by atoms with Crippen molar-refractivity contribution in [2.75, 3.05) is 0 Å². The lowest BCUT2D eigenvalue weighted by atomic mass is 9.87. The number of nitrogens with zero attached hydrogens (tertiary/aromatic N) is 8. The van der Waals surface area contributed by atoms with Gasteiger partial charge in [-0.2, -0.15) is 0 Å². The first-order valence-corrected chi connectivity index (χ1v) is 11.7. The van der Waals surface area contributed by atoms with Gasteiger partial charge in [-0.05, 0) is 79.4 Å². The van der Waals surface area contributed by atoms with Gasteiger partial charge in [-0.15, -0.1) is 10.2 Å². The van der Waals surface area contributed by atoms with Crippen molar-refractivity contribution in [2.24, 2.45) is 13.0 Å². The molecule has 0 aliphatic heterocycles. The van der Waals surface area contributed by atoms with Crippen molar-refractivity contribution in [3.05, 3.63) is 53.6 Å². The number of rotatable bonds is 7. The third kappa shape index (κ3) is 4.79. The van der Waals surface area contributed by atoms with Crippen molar-refractivity contribution in [2.45, 2.75) is 45.3 Å². The van der Waals surface area contributed by atoms with E-state index in [2.05, 4.69) is 25.8 Å².